The van der Waals surface area contributed by atoms with Crippen molar-refractivity contribution < 1.29 is 22.7 Å². The molecule has 2 rings (SSSR count). The van der Waals surface area contributed by atoms with Gasteiger partial charge in [-0.25, -0.2) is 0 Å². The van der Waals surface area contributed by atoms with Gasteiger partial charge in [0.2, 0.25) is 0 Å². The van der Waals surface area contributed by atoms with Crippen LogP contribution in [0.5, 0.6) is 11.5 Å². The Hall–Kier alpha value is -1.72. The van der Waals surface area contributed by atoms with Gasteiger partial charge in [-0.05, 0) is 54.4 Å². The smallest absolute Gasteiger partial charge is 0.416 e. The Bertz CT molecular complexity index is 727. The summed E-state index contributed by atoms with van der Waals surface area (Å²) < 4.78 is 43.1. The number of ether oxygens (including phenoxy) is 1. The van der Waals surface area contributed by atoms with Crippen LogP contribution in [0.3, 0.4) is 0 Å². The summed E-state index contributed by atoms with van der Waals surface area (Å²) in [7, 11) is 0. The van der Waals surface area contributed by atoms with E-state index in [-0.39, 0.29) is 22.1 Å². The van der Waals surface area contributed by atoms with E-state index in [0.29, 0.717) is 5.56 Å². The van der Waals surface area contributed by atoms with Crippen molar-refractivity contribution in [3.05, 3.63) is 58.1 Å². The second-order valence-corrected chi connectivity index (χ2v) is 5.25. The summed E-state index contributed by atoms with van der Waals surface area (Å²) >= 11 is 11.2. The highest BCUT2D eigenvalue weighted by molar-refractivity contribution is 6.67. The molecular weight excluding hydrogens is 340 g/mol. The predicted molar refractivity (Wildman–Crippen MR) is 77.9 cm³/mol. The van der Waals surface area contributed by atoms with E-state index in [0.717, 1.165) is 18.2 Å². The molecular formula is C15H9Cl2F3O2. The molecule has 0 bridgehead atoms. The van der Waals surface area contributed by atoms with Crippen LogP contribution in [-0.4, -0.2) is 5.24 Å². The molecule has 0 heterocycles. The highest BCUT2D eigenvalue weighted by atomic mass is 35.5. The molecule has 0 radical (unpaired) electrons. The number of hydrogen-bond acceptors (Lipinski definition) is 2. The van der Waals surface area contributed by atoms with Crippen molar-refractivity contribution in [2.75, 3.05) is 0 Å². The normalized spacial score (nSPS) is 11.4. The standard InChI is InChI=1S/C15H9Cl2F3O2/c1-8-2-4-10(7-11(8)14(17)21)22-13-5-3-9(6-12(13)16)15(18,19)20/h2-7H,1H3. The monoisotopic (exact) mass is 348 g/mol. The minimum Gasteiger partial charge on any atom is -0.456 e. The first-order valence-electron chi connectivity index (χ1n) is 6.03. The summed E-state index contributed by atoms with van der Waals surface area (Å²) in [4.78, 5) is 11.3. The van der Waals surface area contributed by atoms with Crippen LogP contribution in [0.1, 0.15) is 21.5 Å². The zero-order chi connectivity index (χ0) is 16.5. The van der Waals surface area contributed by atoms with E-state index >= 15 is 0 Å². The topological polar surface area (TPSA) is 26.3 Å². The molecule has 0 saturated carbocycles. The summed E-state index contributed by atoms with van der Waals surface area (Å²) in [6, 6.07) is 7.34. The number of carbonyl (C=O) groups is 1. The fraction of sp³-hybridized carbons (Fsp3) is 0.133. The van der Waals surface area contributed by atoms with Crippen LogP contribution in [0.4, 0.5) is 13.2 Å². The largest absolute Gasteiger partial charge is 0.456 e. The minimum absolute atomic E-state index is 0.0477. The average molecular weight is 349 g/mol. The lowest BCUT2D eigenvalue weighted by Gasteiger charge is -2.12. The summed E-state index contributed by atoms with van der Waals surface area (Å²) in [6.45, 7) is 1.70. The molecule has 7 heteroatoms. The number of rotatable bonds is 3. The van der Waals surface area contributed by atoms with Crippen molar-refractivity contribution >= 4 is 28.4 Å². The van der Waals surface area contributed by atoms with Gasteiger partial charge in [-0.15, -0.1) is 0 Å². The van der Waals surface area contributed by atoms with Crippen LogP contribution in [-0.2, 0) is 6.18 Å². The molecule has 2 nitrogen and oxygen atoms in total. The molecule has 0 aliphatic carbocycles. The van der Waals surface area contributed by atoms with Gasteiger partial charge in [-0.3, -0.25) is 4.79 Å². The number of carbonyl (C=O) groups excluding carboxylic acids is 1. The van der Waals surface area contributed by atoms with Crippen LogP contribution < -0.4 is 4.74 Å². The first-order valence-corrected chi connectivity index (χ1v) is 6.79. The first kappa shape index (κ1) is 16.6. The lowest BCUT2D eigenvalue weighted by Crippen LogP contribution is -2.04. The molecule has 0 spiro atoms. The zero-order valence-electron chi connectivity index (χ0n) is 11.2. The second kappa shape index (κ2) is 6.18. The van der Waals surface area contributed by atoms with E-state index < -0.39 is 17.0 Å². The third-order valence-electron chi connectivity index (χ3n) is 2.91. The van der Waals surface area contributed by atoms with Gasteiger partial charge in [0.25, 0.3) is 5.24 Å². The average Bonchev–Trinajstić information content (AvgIpc) is 2.41. The molecule has 0 amide bonds. The minimum atomic E-state index is -4.48. The van der Waals surface area contributed by atoms with E-state index in [1.165, 1.54) is 6.07 Å². The third-order valence-corrected chi connectivity index (χ3v) is 3.41. The molecule has 22 heavy (non-hydrogen) atoms. The Morgan fingerprint density at radius 2 is 1.82 bits per heavy atom. The molecule has 0 aliphatic heterocycles. The molecule has 2 aromatic carbocycles. The first-order chi connectivity index (χ1) is 10.2. The fourth-order valence-electron chi connectivity index (χ4n) is 1.76. The number of benzene rings is 2. The predicted octanol–water partition coefficient (Wildman–Crippen LogP) is 5.84. The number of alkyl halides is 3. The Balaban J connectivity index is 2.32. The van der Waals surface area contributed by atoms with Crippen molar-refractivity contribution in [3.63, 3.8) is 0 Å². The summed E-state index contributed by atoms with van der Waals surface area (Å²) in [6.07, 6.45) is -4.48. The number of aryl methyl sites for hydroxylation is 1. The van der Waals surface area contributed by atoms with Gasteiger partial charge in [-0.1, -0.05) is 17.7 Å². The van der Waals surface area contributed by atoms with Gasteiger partial charge >= 0.3 is 6.18 Å². The van der Waals surface area contributed by atoms with Gasteiger partial charge in [0.1, 0.15) is 11.5 Å². The summed E-state index contributed by atoms with van der Waals surface area (Å²) in [5.74, 6) is 0.294. The van der Waals surface area contributed by atoms with E-state index in [9.17, 15) is 18.0 Å². The summed E-state index contributed by atoms with van der Waals surface area (Å²) in [5.41, 5.74) is 0.0402. The van der Waals surface area contributed by atoms with E-state index in [4.69, 9.17) is 27.9 Å². The third kappa shape index (κ3) is 3.72. The fourth-order valence-corrected chi connectivity index (χ4v) is 2.19. The van der Waals surface area contributed by atoms with Gasteiger partial charge in [-0.2, -0.15) is 13.2 Å². The van der Waals surface area contributed by atoms with Crippen LogP contribution in [0.15, 0.2) is 36.4 Å². The highest BCUT2D eigenvalue weighted by Gasteiger charge is 2.31. The molecule has 0 N–H and O–H groups in total. The number of halogens is 5. The van der Waals surface area contributed by atoms with Crippen molar-refractivity contribution in [2.24, 2.45) is 0 Å². The van der Waals surface area contributed by atoms with Crippen molar-refractivity contribution in [1.82, 2.24) is 0 Å². The second-order valence-electron chi connectivity index (χ2n) is 4.50. The lowest BCUT2D eigenvalue weighted by atomic mass is 10.1. The van der Waals surface area contributed by atoms with E-state index in [2.05, 4.69) is 0 Å². The Kier molecular flexibility index (Phi) is 4.68. The molecule has 116 valence electrons. The maximum Gasteiger partial charge on any atom is 0.416 e. The van der Waals surface area contributed by atoms with Gasteiger partial charge < -0.3 is 4.74 Å². The molecule has 0 saturated heterocycles. The summed E-state index contributed by atoms with van der Waals surface area (Å²) in [5, 5.41) is -0.837. The van der Waals surface area contributed by atoms with Crippen LogP contribution >= 0.6 is 23.2 Å². The number of hydrogen-bond donors (Lipinski definition) is 0. The van der Waals surface area contributed by atoms with Crippen LogP contribution in [0, 0.1) is 6.92 Å². The molecule has 0 aliphatic rings. The van der Waals surface area contributed by atoms with Crippen LogP contribution in [0.2, 0.25) is 5.02 Å². The van der Waals surface area contributed by atoms with Gasteiger partial charge in [0.05, 0.1) is 10.6 Å². The zero-order valence-corrected chi connectivity index (χ0v) is 12.7. The quantitative estimate of drug-likeness (QED) is 0.651. The molecule has 0 fully saturated rings. The maximum absolute atomic E-state index is 12.6. The Labute approximate surface area is 134 Å². The Morgan fingerprint density at radius 1 is 1.14 bits per heavy atom. The van der Waals surface area contributed by atoms with Gasteiger partial charge in [0, 0.05) is 5.56 Å². The van der Waals surface area contributed by atoms with E-state index in [1.54, 1.807) is 19.1 Å². The molecule has 0 unspecified atom stereocenters. The van der Waals surface area contributed by atoms with Gasteiger partial charge in [0.15, 0.2) is 0 Å². The lowest BCUT2D eigenvalue weighted by molar-refractivity contribution is -0.137. The van der Waals surface area contributed by atoms with E-state index in [1.807, 2.05) is 0 Å². The molecule has 0 aromatic heterocycles. The van der Waals surface area contributed by atoms with Crippen molar-refractivity contribution in [1.29, 1.82) is 0 Å². The van der Waals surface area contributed by atoms with Crippen molar-refractivity contribution in [3.8, 4) is 11.5 Å². The Morgan fingerprint density at radius 3 is 2.36 bits per heavy atom. The maximum atomic E-state index is 12.6. The SMILES string of the molecule is Cc1ccc(Oc2ccc(C(F)(F)F)cc2Cl)cc1C(=O)Cl. The van der Waals surface area contributed by atoms with Crippen LogP contribution in [0.25, 0.3) is 0 Å². The van der Waals surface area contributed by atoms with Crippen molar-refractivity contribution in [2.45, 2.75) is 13.1 Å². The highest BCUT2D eigenvalue weighted by Crippen LogP contribution is 2.36. The molecule has 2 aromatic rings. The molecule has 0 atom stereocenters.